The quantitative estimate of drug-likeness (QED) is 0.731. The number of carbonyl (C=O) groups is 1. The van der Waals surface area contributed by atoms with Crippen molar-refractivity contribution in [3.05, 3.63) is 42.5 Å². The summed E-state index contributed by atoms with van der Waals surface area (Å²) in [5.74, 6) is -0.970. The Morgan fingerprint density at radius 3 is 2.67 bits per heavy atom. The zero-order valence-corrected chi connectivity index (χ0v) is 6.43. The highest BCUT2D eigenvalue weighted by molar-refractivity contribution is 5.68. The van der Waals surface area contributed by atoms with Crippen LogP contribution in [0.4, 0.5) is 0 Å². The van der Waals surface area contributed by atoms with Crippen molar-refractivity contribution < 1.29 is 14.6 Å². The number of carboxylic acids is 1. The summed E-state index contributed by atoms with van der Waals surface area (Å²) in [6.07, 6.45) is 0. The average Bonchev–Trinajstić information content (AvgIpc) is 2.05. The van der Waals surface area contributed by atoms with E-state index in [1.54, 1.807) is 0 Å². The van der Waals surface area contributed by atoms with E-state index in [1.165, 1.54) is 6.61 Å². The van der Waals surface area contributed by atoms with Crippen molar-refractivity contribution in [2.75, 3.05) is 6.61 Å². The van der Waals surface area contributed by atoms with E-state index in [1.807, 2.05) is 30.3 Å². The summed E-state index contributed by atoms with van der Waals surface area (Å²) >= 11 is 0. The maximum atomic E-state index is 10.0. The maximum absolute atomic E-state index is 10.0. The van der Waals surface area contributed by atoms with Crippen LogP contribution in [0.2, 0.25) is 0 Å². The van der Waals surface area contributed by atoms with Gasteiger partial charge in [0.2, 0.25) is 0 Å². The molecule has 63 valence electrons. The Balaban J connectivity index is 2.29. The standard InChI is InChI=1S/C9H9O3/c10-9(11)7-12-6-8-4-2-1-3-5-8/h1-6H,7H2,(H,10,11). The van der Waals surface area contributed by atoms with Crippen molar-refractivity contribution in [2.24, 2.45) is 0 Å². The van der Waals surface area contributed by atoms with Gasteiger partial charge < -0.3 is 9.84 Å². The molecule has 0 heterocycles. The van der Waals surface area contributed by atoms with Gasteiger partial charge in [0.15, 0.2) is 0 Å². The summed E-state index contributed by atoms with van der Waals surface area (Å²) < 4.78 is 4.76. The topological polar surface area (TPSA) is 46.5 Å². The second kappa shape index (κ2) is 4.51. The molecule has 0 saturated carbocycles. The summed E-state index contributed by atoms with van der Waals surface area (Å²) in [5.41, 5.74) is 0.860. The lowest BCUT2D eigenvalue weighted by Crippen LogP contribution is -2.05. The van der Waals surface area contributed by atoms with Crippen LogP contribution in [-0.2, 0) is 9.53 Å². The van der Waals surface area contributed by atoms with Crippen LogP contribution < -0.4 is 0 Å². The third-order valence-electron chi connectivity index (χ3n) is 1.23. The van der Waals surface area contributed by atoms with E-state index in [-0.39, 0.29) is 6.61 Å². The molecule has 0 atom stereocenters. The molecule has 1 aromatic rings. The van der Waals surface area contributed by atoms with Crippen molar-refractivity contribution in [1.29, 1.82) is 0 Å². The largest absolute Gasteiger partial charge is 0.480 e. The second-order valence-electron chi connectivity index (χ2n) is 2.23. The lowest BCUT2D eigenvalue weighted by molar-refractivity contribution is -0.140. The van der Waals surface area contributed by atoms with Crippen LogP contribution >= 0.6 is 0 Å². The van der Waals surface area contributed by atoms with Gasteiger partial charge in [0, 0.05) is 0 Å². The maximum Gasteiger partial charge on any atom is 0.329 e. The van der Waals surface area contributed by atoms with Gasteiger partial charge in [0.25, 0.3) is 0 Å². The van der Waals surface area contributed by atoms with Crippen LogP contribution in [0.15, 0.2) is 30.3 Å². The molecule has 0 aliphatic carbocycles. The molecular weight excluding hydrogens is 156 g/mol. The Morgan fingerprint density at radius 1 is 1.42 bits per heavy atom. The summed E-state index contributed by atoms with van der Waals surface area (Å²) in [6.45, 7) is 1.13. The first-order valence-electron chi connectivity index (χ1n) is 3.51. The number of ether oxygens (including phenoxy) is 1. The third kappa shape index (κ3) is 3.16. The highest BCUT2D eigenvalue weighted by atomic mass is 16.5. The Hall–Kier alpha value is -1.35. The highest BCUT2D eigenvalue weighted by Gasteiger charge is 1.96. The highest BCUT2D eigenvalue weighted by Crippen LogP contribution is 2.01. The van der Waals surface area contributed by atoms with Crippen molar-refractivity contribution in [3.63, 3.8) is 0 Å². The average molecular weight is 165 g/mol. The summed E-state index contributed by atoms with van der Waals surface area (Å²) in [5, 5.41) is 8.25. The molecule has 3 heteroatoms. The molecular formula is C9H9O3. The van der Waals surface area contributed by atoms with Gasteiger partial charge >= 0.3 is 5.97 Å². The molecule has 0 saturated heterocycles. The molecule has 0 unspecified atom stereocenters. The summed E-state index contributed by atoms with van der Waals surface area (Å²) in [4.78, 5) is 10.0. The monoisotopic (exact) mass is 165 g/mol. The Morgan fingerprint density at radius 2 is 2.08 bits per heavy atom. The fraction of sp³-hybridized carbons (Fsp3) is 0.111. The first-order valence-corrected chi connectivity index (χ1v) is 3.51. The first kappa shape index (κ1) is 8.74. The molecule has 0 bridgehead atoms. The van der Waals surface area contributed by atoms with E-state index >= 15 is 0 Å². The Labute approximate surface area is 70.6 Å². The lowest BCUT2D eigenvalue weighted by Gasteiger charge is -1.98. The molecule has 3 nitrogen and oxygen atoms in total. The molecule has 1 N–H and O–H groups in total. The molecule has 0 amide bonds. The fourth-order valence-electron chi connectivity index (χ4n) is 0.741. The Bertz CT molecular complexity index is 243. The minimum atomic E-state index is -0.970. The number of rotatable bonds is 4. The predicted molar refractivity (Wildman–Crippen MR) is 43.4 cm³/mol. The van der Waals surface area contributed by atoms with Gasteiger partial charge in [-0.25, -0.2) is 4.79 Å². The van der Waals surface area contributed by atoms with Gasteiger partial charge in [-0.3, -0.25) is 0 Å². The van der Waals surface area contributed by atoms with Gasteiger partial charge in [0.1, 0.15) is 13.2 Å². The number of aliphatic carboxylic acids is 1. The molecule has 1 aromatic carbocycles. The first-order chi connectivity index (χ1) is 5.79. The second-order valence-corrected chi connectivity index (χ2v) is 2.23. The van der Waals surface area contributed by atoms with Gasteiger partial charge in [-0.05, 0) is 5.56 Å². The van der Waals surface area contributed by atoms with Crippen LogP contribution in [0.5, 0.6) is 0 Å². The lowest BCUT2D eigenvalue weighted by atomic mass is 10.2. The minimum absolute atomic E-state index is 0.297. The third-order valence-corrected chi connectivity index (χ3v) is 1.23. The Kier molecular flexibility index (Phi) is 3.29. The molecule has 0 spiro atoms. The fourth-order valence-corrected chi connectivity index (χ4v) is 0.741. The number of carboxylic acid groups (broad SMARTS) is 1. The molecule has 0 aliphatic heterocycles. The smallest absolute Gasteiger partial charge is 0.329 e. The van der Waals surface area contributed by atoms with Crippen LogP contribution in [0.1, 0.15) is 5.56 Å². The van der Waals surface area contributed by atoms with E-state index in [0.29, 0.717) is 0 Å². The van der Waals surface area contributed by atoms with Crippen molar-refractivity contribution in [3.8, 4) is 0 Å². The number of benzene rings is 1. The van der Waals surface area contributed by atoms with Crippen LogP contribution in [-0.4, -0.2) is 17.7 Å². The number of hydrogen-bond acceptors (Lipinski definition) is 2. The molecule has 1 rings (SSSR count). The van der Waals surface area contributed by atoms with Crippen LogP contribution in [0, 0.1) is 6.61 Å². The van der Waals surface area contributed by atoms with Crippen molar-refractivity contribution in [2.45, 2.75) is 0 Å². The SMILES string of the molecule is O=C(O)CO[CH]c1ccccc1. The molecule has 0 fully saturated rings. The van der Waals surface area contributed by atoms with Crippen molar-refractivity contribution in [1.82, 2.24) is 0 Å². The molecule has 1 radical (unpaired) electrons. The summed E-state index contributed by atoms with van der Waals surface area (Å²) in [7, 11) is 0. The predicted octanol–water partition coefficient (Wildman–Crippen LogP) is 1.30. The van der Waals surface area contributed by atoms with Gasteiger partial charge in [-0.2, -0.15) is 0 Å². The van der Waals surface area contributed by atoms with Gasteiger partial charge in [-0.15, -0.1) is 0 Å². The zero-order chi connectivity index (χ0) is 8.81. The molecule has 12 heavy (non-hydrogen) atoms. The van der Waals surface area contributed by atoms with Crippen LogP contribution in [0.25, 0.3) is 0 Å². The molecule has 0 aliphatic rings. The van der Waals surface area contributed by atoms with Crippen LogP contribution in [0.3, 0.4) is 0 Å². The zero-order valence-electron chi connectivity index (χ0n) is 6.43. The van der Waals surface area contributed by atoms with Crippen molar-refractivity contribution >= 4 is 5.97 Å². The van der Waals surface area contributed by atoms with Gasteiger partial charge in [0.05, 0.1) is 0 Å². The van der Waals surface area contributed by atoms with E-state index in [0.717, 1.165) is 5.56 Å². The van der Waals surface area contributed by atoms with Gasteiger partial charge in [-0.1, -0.05) is 30.3 Å². The van der Waals surface area contributed by atoms with E-state index in [2.05, 4.69) is 0 Å². The normalized spacial score (nSPS) is 9.67. The van der Waals surface area contributed by atoms with E-state index < -0.39 is 5.97 Å². The van der Waals surface area contributed by atoms with E-state index in [9.17, 15) is 4.79 Å². The summed E-state index contributed by atoms with van der Waals surface area (Å²) in [6, 6.07) is 9.27. The number of hydrogen-bond donors (Lipinski definition) is 1. The minimum Gasteiger partial charge on any atom is -0.480 e. The molecule has 0 aromatic heterocycles. The van der Waals surface area contributed by atoms with E-state index in [4.69, 9.17) is 9.84 Å².